The van der Waals surface area contributed by atoms with Gasteiger partial charge in [0.15, 0.2) is 12.4 Å². The van der Waals surface area contributed by atoms with Crippen LogP contribution < -0.4 is 0 Å². The van der Waals surface area contributed by atoms with Crippen LogP contribution in [0.1, 0.15) is 91.4 Å². The fourth-order valence-electron chi connectivity index (χ4n) is 8.01. The molecule has 7 atom stereocenters. The Hall–Kier alpha value is -1.53. The van der Waals surface area contributed by atoms with Crippen molar-refractivity contribution in [3.05, 3.63) is 11.6 Å². The van der Waals surface area contributed by atoms with E-state index < -0.39 is 35.5 Å². The molecule has 0 aromatic heterocycles. The van der Waals surface area contributed by atoms with E-state index in [1.165, 1.54) is 5.57 Å². The second-order valence-corrected chi connectivity index (χ2v) is 11.5. The van der Waals surface area contributed by atoms with Crippen molar-refractivity contribution in [2.75, 3.05) is 6.61 Å². The quantitative estimate of drug-likeness (QED) is 0.441. The maximum absolute atomic E-state index is 13.2. The van der Waals surface area contributed by atoms with Gasteiger partial charge >= 0.3 is 5.97 Å². The van der Waals surface area contributed by atoms with Gasteiger partial charge in [-0.25, -0.2) is 0 Å². The number of ether oxygens (including phenoxy) is 1. The predicted molar refractivity (Wildman–Crippen MR) is 123 cm³/mol. The number of aliphatic hydroxyl groups excluding tert-OH is 1. The highest BCUT2D eigenvalue weighted by molar-refractivity contribution is 5.92. The Morgan fingerprint density at radius 3 is 2.64 bits per heavy atom. The first-order chi connectivity index (χ1) is 15.6. The van der Waals surface area contributed by atoms with Gasteiger partial charge in [0.25, 0.3) is 0 Å². The van der Waals surface area contributed by atoms with Gasteiger partial charge in [-0.3, -0.25) is 14.4 Å². The van der Waals surface area contributed by atoms with Crippen molar-refractivity contribution in [3.63, 3.8) is 0 Å². The van der Waals surface area contributed by atoms with E-state index in [2.05, 4.69) is 13.8 Å². The molecule has 0 spiro atoms. The van der Waals surface area contributed by atoms with Crippen molar-refractivity contribution in [3.8, 4) is 0 Å². The molecule has 3 fully saturated rings. The first-order valence-electron chi connectivity index (χ1n) is 12.9. The Balaban J connectivity index is 1.51. The summed E-state index contributed by atoms with van der Waals surface area (Å²) in [6.07, 6.45) is 8.54. The summed E-state index contributed by atoms with van der Waals surface area (Å²) in [5.74, 6) is -0.287. The third-order valence-electron chi connectivity index (χ3n) is 9.86. The third kappa shape index (κ3) is 3.91. The lowest BCUT2D eigenvalue weighted by atomic mass is 9.45. The van der Waals surface area contributed by atoms with Gasteiger partial charge in [-0.1, -0.05) is 39.2 Å². The van der Waals surface area contributed by atoms with Gasteiger partial charge in [0.05, 0.1) is 6.10 Å². The zero-order valence-electron chi connectivity index (χ0n) is 20.4. The summed E-state index contributed by atoms with van der Waals surface area (Å²) in [4.78, 5) is 37.2. The molecular weight excluding hydrogens is 420 g/mol. The number of hydrogen-bond donors (Lipinski definition) is 2. The lowest BCUT2D eigenvalue weighted by Gasteiger charge is -2.60. The van der Waals surface area contributed by atoms with Crippen LogP contribution in [-0.2, 0) is 19.1 Å². The smallest absolute Gasteiger partial charge is 0.306 e. The standard InChI is InChI=1S/C27H40O6/c1-4-5-6-7-23(31)33-16-22(30)27(32)13-11-20-19-9-8-17-14-18(28)10-12-25(17,2)24(19)21(29)15-26(20,27)3/h14,19-21,24,29,32H,4-13,15-16H2,1-3H3/t19-,20-,21-,24?,25-,26-,27-/m0/s1. The first-order valence-corrected chi connectivity index (χ1v) is 12.9. The Morgan fingerprint density at radius 2 is 1.91 bits per heavy atom. The highest BCUT2D eigenvalue weighted by Crippen LogP contribution is 2.67. The summed E-state index contributed by atoms with van der Waals surface area (Å²) in [5, 5.41) is 23.1. The molecule has 0 aromatic carbocycles. The molecule has 6 heteroatoms. The molecule has 2 N–H and O–H groups in total. The Morgan fingerprint density at radius 1 is 1.15 bits per heavy atom. The van der Waals surface area contributed by atoms with Gasteiger partial charge in [0.2, 0.25) is 5.78 Å². The van der Waals surface area contributed by atoms with Crippen LogP contribution in [0.5, 0.6) is 0 Å². The van der Waals surface area contributed by atoms with Gasteiger partial charge in [-0.2, -0.15) is 0 Å². The average Bonchev–Trinajstić information content (AvgIpc) is 3.03. The van der Waals surface area contributed by atoms with E-state index in [9.17, 15) is 24.6 Å². The van der Waals surface area contributed by atoms with E-state index in [4.69, 9.17) is 4.74 Å². The fourth-order valence-corrected chi connectivity index (χ4v) is 8.01. The number of esters is 1. The Labute approximate surface area is 197 Å². The topological polar surface area (TPSA) is 101 Å². The molecule has 0 aliphatic heterocycles. The second kappa shape index (κ2) is 8.92. The van der Waals surface area contributed by atoms with E-state index in [1.54, 1.807) is 0 Å². The number of fused-ring (bicyclic) bond motifs is 5. The molecule has 0 saturated heterocycles. The van der Waals surface area contributed by atoms with E-state index in [0.717, 1.165) is 44.9 Å². The number of carbonyl (C=O) groups excluding carboxylic acids is 3. The van der Waals surface area contributed by atoms with Crippen LogP contribution in [0.3, 0.4) is 0 Å². The molecule has 6 nitrogen and oxygen atoms in total. The number of ketones is 2. The van der Waals surface area contributed by atoms with Gasteiger partial charge < -0.3 is 14.9 Å². The van der Waals surface area contributed by atoms with Crippen LogP contribution in [0, 0.1) is 28.6 Å². The molecule has 0 amide bonds. The largest absolute Gasteiger partial charge is 0.458 e. The zero-order valence-corrected chi connectivity index (χ0v) is 20.4. The lowest BCUT2D eigenvalue weighted by molar-refractivity contribution is -0.184. The van der Waals surface area contributed by atoms with Crippen molar-refractivity contribution in [1.29, 1.82) is 0 Å². The second-order valence-electron chi connectivity index (χ2n) is 11.5. The van der Waals surface area contributed by atoms with E-state index in [0.29, 0.717) is 25.7 Å². The number of hydrogen-bond acceptors (Lipinski definition) is 6. The van der Waals surface area contributed by atoms with Crippen molar-refractivity contribution in [2.24, 2.45) is 28.6 Å². The number of Topliss-reactive ketones (excluding diaryl/α,β-unsaturated/α-hetero) is 1. The van der Waals surface area contributed by atoms with Crippen LogP contribution in [0.15, 0.2) is 11.6 Å². The summed E-state index contributed by atoms with van der Waals surface area (Å²) >= 11 is 0. The molecular formula is C27H40O6. The van der Waals surface area contributed by atoms with Crippen molar-refractivity contribution >= 4 is 17.5 Å². The molecule has 0 radical (unpaired) electrons. The summed E-state index contributed by atoms with van der Waals surface area (Å²) in [7, 11) is 0. The number of carbonyl (C=O) groups is 3. The van der Waals surface area contributed by atoms with E-state index in [1.807, 2.05) is 13.0 Å². The van der Waals surface area contributed by atoms with E-state index >= 15 is 0 Å². The summed E-state index contributed by atoms with van der Waals surface area (Å²) in [6, 6.07) is 0. The molecule has 0 bridgehead atoms. The number of aliphatic hydroxyl groups is 2. The van der Waals surface area contributed by atoms with Gasteiger partial charge in [-0.15, -0.1) is 0 Å². The van der Waals surface area contributed by atoms with Crippen LogP contribution in [0.4, 0.5) is 0 Å². The molecule has 0 heterocycles. The molecule has 4 aliphatic rings. The van der Waals surface area contributed by atoms with Crippen LogP contribution >= 0.6 is 0 Å². The van der Waals surface area contributed by atoms with Crippen LogP contribution in [0.2, 0.25) is 0 Å². The predicted octanol–water partition coefficient (Wildman–Crippen LogP) is 3.91. The maximum atomic E-state index is 13.2. The highest BCUT2D eigenvalue weighted by Gasteiger charge is 2.68. The van der Waals surface area contributed by atoms with Gasteiger partial charge in [0, 0.05) is 18.3 Å². The van der Waals surface area contributed by atoms with Crippen molar-refractivity contribution in [2.45, 2.75) is 103 Å². The molecule has 3 saturated carbocycles. The van der Waals surface area contributed by atoms with Crippen molar-refractivity contribution < 1.29 is 29.3 Å². The minimum Gasteiger partial charge on any atom is -0.458 e. The normalized spacial score (nSPS) is 42.1. The summed E-state index contributed by atoms with van der Waals surface area (Å²) < 4.78 is 5.23. The van der Waals surface area contributed by atoms with Crippen LogP contribution in [-0.4, -0.2) is 46.1 Å². The minimum atomic E-state index is -1.59. The van der Waals surface area contributed by atoms with E-state index in [-0.39, 0.29) is 29.0 Å². The molecule has 4 rings (SSSR count). The van der Waals surface area contributed by atoms with Gasteiger partial charge in [-0.05, 0) is 74.2 Å². The highest BCUT2D eigenvalue weighted by atomic mass is 16.5. The molecule has 0 aromatic rings. The number of unbranched alkanes of at least 4 members (excludes halogenated alkanes) is 2. The number of allylic oxidation sites excluding steroid dienone is 1. The molecule has 184 valence electrons. The first kappa shape index (κ1) is 24.6. The monoisotopic (exact) mass is 460 g/mol. The molecule has 1 unspecified atom stereocenters. The third-order valence-corrected chi connectivity index (χ3v) is 9.86. The number of rotatable bonds is 7. The van der Waals surface area contributed by atoms with Crippen LogP contribution in [0.25, 0.3) is 0 Å². The van der Waals surface area contributed by atoms with Crippen molar-refractivity contribution in [1.82, 2.24) is 0 Å². The van der Waals surface area contributed by atoms with Gasteiger partial charge in [0.1, 0.15) is 5.60 Å². The summed E-state index contributed by atoms with van der Waals surface area (Å²) in [5.41, 5.74) is -1.37. The minimum absolute atomic E-state index is 0.0394. The molecule has 33 heavy (non-hydrogen) atoms. The molecule has 4 aliphatic carbocycles. The Kier molecular flexibility index (Phi) is 6.65. The SMILES string of the molecule is CCCCCC(=O)OCC(=O)[C@@]1(O)CC[C@H]2[C@@H]3CCC4=CC(=O)CC[C@]4(C)C3[C@@H](O)C[C@@]21C. The average molecular weight is 461 g/mol. The Bertz CT molecular complexity index is 848. The fraction of sp³-hybridized carbons (Fsp3) is 0.815. The zero-order chi connectivity index (χ0) is 24.0. The maximum Gasteiger partial charge on any atom is 0.306 e. The summed E-state index contributed by atoms with van der Waals surface area (Å²) in [6.45, 7) is 5.80. The lowest BCUT2D eigenvalue weighted by Crippen LogP contribution is -2.62.